The number of hydrogen-bond acceptors (Lipinski definition) is 19. The second-order valence-electron chi connectivity index (χ2n) is 24.0. The number of ether oxygens (including phenoxy) is 4. The second-order valence-corrected chi connectivity index (χ2v) is 24.0. The summed E-state index contributed by atoms with van der Waals surface area (Å²) < 4.78 is 24.5. The first kappa shape index (κ1) is 69.5. The number of fused-ring (bicyclic) bond motifs is 2. The number of aliphatic hydroxyl groups excluding tert-OH is 9. The molecule has 20 nitrogen and oxygen atoms in total. The molecule has 4 saturated heterocycles. The van der Waals surface area contributed by atoms with Crippen molar-refractivity contribution in [3.8, 4) is 0 Å². The third kappa shape index (κ3) is 23.5. The third-order valence-electron chi connectivity index (χ3n) is 17.1. The van der Waals surface area contributed by atoms with Crippen LogP contribution >= 0.6 is 0 Å². The lowest BCUT2D eigenvalue weighted by Crippen LogP contribution is -2.65. The molecule has 5 aliphatic heterocycles. The zero-order chi connectivity index (χ0) is 59.8. The van der Waals surface area contributed by atoms with E-state index in [4.69, 9.17) is 18.9 Å². The fourth-order valence-corrected chi connectivity index (χ4v) is 12.0. The fourth-order valence-electron chi connectivity index (χ4n) is 12.0. The number of piperidine rings is 2. The van der Waals surface area contributed by atoms with E-state index in [-0.39, 0.29) is 38.0 Å². The van der Waals surface area contributed by atoms with Gasteiger partial charge < -0.3 is 84.9 Å². The molecule has 0 spiro atoms. The lowest BCUT2D eigenvalue weighted by atomic mass is 9.82. The van der Waals surface area contributed by atoms with Crippen LogP contribution in [-0.4, -0.2) is 233 Å². The Labute approximate surface area is 487 Å². The summed E-state index contributed by atoms with van der Waals surface area (Å²) in [4.78, 5) is 32.7. The zero-order valence-electron chi connectivity index (χ0n) is 49.2. The van der Waals surface area contributed by atoms with Crippen LogP contribution in [0, 0.1) is 17.8 Å². The minimum atomic E-state index is -2.36. The van der Waals surface area contributed by atoms with Gasteiger partial charge in [0, 0.05) is 44.2 Å². The standard InChI is InChI=1S/C62H103N3O17/c1-42-24-17-13-11-9-7-5-6-8-10-12-14-18-25-49(81-61-59(75)56(58(74)45(4)80-61)65(35-34-64-30-21-16-22-31-64)33-23-32-63-28-19-15-20-29-63)39-53-55(60(76)77)52(71)41-62(78,82-53)40-51(70)50(69)27-26-46(66)36-47(67)37-48(68)38-54(72)79-44(3)43(2)57(42)73/h5-6,8,10-14,17-18,24-25,42-53,55-59,61,66-71,73-75,78H,7,9,15-16,19-23,26-41H2,1-4H3,(H,76,77)/b6-5+,10-8+,13-11+,14-12+,24-17+,25-18+/t42-,43-,44-,45+,46+,47+,48+,49-,50+,51+,52-,53-,55+,56-,57+,58+,59-,61+,62+/m0/s1. The molecular formula is C62H103N3O17. The number of aliphatic hydroxyl groups is 10. The van der Waals surface area contributed by atoms with Gasteiger partial charge in [0.2, 0.25) is 0 Å². The van der Waals surface area contributed by atoms with E-state index in [0.29, 0.717) is 13.1 Å². The van der Waals surface area contributed by atoms with Crippen LogP contribution in [0.1, 0.15) is 137 Å². The van der Waals surface area contributed by atoms with Gasteiger partial charge in [0.1, 0.15) is 18.1 Å². The van der Waals surface area contributed by atoms with Gasteiger partial charge in [-0.3, -0.25) is 14.5 Å². The molecule has 11 N–H and O–H groups in total. The predicted octanol–water partition coefficient (Wildman–Crippen LogP) is 3.64. The lowest BCUT2D eigenvalue weighted by molar-refractivity contribution is -0.313. The Morgan fingerprint density at radius 2 is 1.23 bits per heavy atom. The van der Waals surface area contributed by atoms with E-state index in [2.05, 4.69) is 14.7 Å². The zero-order valence-corrected chi connectivity index (χ0v) is 49.2. The van der Waals surface area contributed by atoms with Crippen molar-refractivity contribution in [1.82, 2.24) is 14.7 Å². The number of nitrogens with zero attached hydrogens (tertiary/aromatic N) is 3. The number of likely N-dealkylation sites (tertiary alicyclic amines) is 2. The maximum Gasteiger partial charge on any atom is 0.311 e. The molecule has 468 valence electrons. The monoisotopic (exact) mass is 1160 g/mol. The van der Waals surface area contributed by atoms with Gasteiger partial charge in [-0.15, -0.1) is 0 Å². The van der Waals surface area contributed by atoms with Gasteiger partial charge in [-0.1, -0.05) is 99.6 Å². The summed E-state index contributed by atoms with van der Waals surface area (Å²) >= 11 is 0. The van der Waals surface area contributed by atoms with Gasteiger partial charge in [-0.25, -0.2) is 0 Å². The summed E-state index contributed by atoms with van der Waals surface area (Å²) in [7, 11) is 0. The molecule has 82 heavy (non-hydrogen) atoms. The summed E-state index contributed by atoms with van der Waals surface area (Å²) in [5.74, 6) is -6.80. The van der Waals surface area contributed by atoms with Crippen LogP contribution in [0.15, 0.2) is 72.9 Å². The molecule has 0 saturated carbocycles. The maximum absolute atomic E-state index is 12.9. The topological polar surface area (TPSA) is 303 Å². The van der Waals surface area contributed by atoms with Crippen LogP contribution < -0.4 is 0 Å². The predicted molar refractivity (Wildman–Crippen MR) is 310 cm³/mol. The highest BCUT2D eigenvalue weighted by Crippen LogP contribution is 2.39. The van der Waals surface area contributed by atoms with Gasteiger partial charge in [-0.05, 0) is 124 Å². The minimum Gasteiger partial charge on any atom is -0.481 e. The van der Waals surface area contributed by atoms with Crippen molar-refractivity contribution < 1.29 is 84.7 Å². The van der Waals surface area contributed by atoms with Crippen LogP contribution in [0.25, 0.3) is 0 Å². The SMILES string of the molecule is C[C@@H]1[C@H](O)[C@@H](C)/C=C/C=C/CC/C=C/C=C/C=C/C=C/[C@H](O[C@H]2O[C@H](C)[C@@H](O)[C@H](N(CCCN3CCCCC3)CCN3CCCCC3)[C@@H]2O)C[C@@H]2O[C@](O)(C[C@@H](O)[C@H](O)CC[C@@H](O)C[C@@H](O)C[C@@H](O)CC(=O)O[C@H]1C)C[C@H](O)[C@H]2C(=O)O. The Morgan fingerprint density at radius 1 is 0.646 bits per heavy atom. The van der Waals surface area contributed by atoms with Gasteiger partial charge in [0.05, 0.1) is 79.6 Å². The number of hydrogen-bond donors (Lipinski definition) is 11. The molecule has 19 atom stereocenters. The first-order valence-corrected chi connectivity index (χ1v) is 30.6. The molecule has 20 heteroatoms. The molecule has 0 aliphatic carbocycles. The molecule has 2 bridgehead atoms. The number of cyclic esters (lactones) is 1. The van der Waals surface area contributed by atoms with E-state index in [1.807, 2.05) is 55.5 Å². The molecular weight excluding hydrogens is 1060 g/mol. The molecule has 0 unspecified atom stereocenters. The molecule has 0 radical (unpaired) electrons. The molecule has 5 heterocycles. The molecule has 5 rings (SSSR count). The first-order valence-electron chi connectivity index (χ1n) is 30.6. The van der Waals surface area contributed by atoms with Gasteiger partial charge in [-0.2, -0.15) is 0 Å². The highest BCUT2D eigenvalue weighted by molar-refractivity contribution is 5.71. The average molecular weight is 1160 g/mol. The van der Waals surface area contributed by atoms with E-state index in [1.165, 1.54) is 12.8 Å². The molecule has 5 aliphatic rings. The Bertz CT molecular complexity index is 2030. The van der Waals surface area contributed by atoms with Crippen molar-refractivity contribution in [3.05, 3.63) is 72.9 Å². The summed E-state index contributed by atoms with van der Waals surface area (Å²) in [6.07, 6.45) is 11.1. The second kappa shape index (κ2) is 36.0. The van der Waals surface area contributed by atoms with Crippen molar-refractivity contribution in [2.75, 3.05) is 52.4 Å². The highest BCUT2D eigenvalue weighted by Gasteiger charge is 2.52. The van der Waals surface area contributed by atoms with Crippen LogP contribution in [0.2, 0.25) is 0 Å². The summed E-state index contributed by atoms with van der Waals surface area (Å²) in [6.45, 7) is 13.9. The molecule has 0 aromatic rings. The van der Waals surface area contributed by atoms with Crippen molar-refractivity contribution in [2.45, 2.75) is 234 Å². The average Bonchev–Trinajstić information content (AvgIpc) is 3.50. The number of aliphatic carboxylic acids is 1. The normalized spacial score (nSPS) is 41.1. The van der Waals surface area contributed by atoms with Gasteiger partial charge in [0.25, 0.3) is 0 Å². The number of carbonyl (C=O) groups excluding carboxylic acids is 1. The van der Waals surface area contributed by atoms with E-state index < -0.39 is 141 Å². The van der Waals surface area contributed by atoms with E-state index >= 15 is 0 Å². The van der Waals surface area contributed by atoms with Gasteiger partial charge >= 0.3 is 11.9 Å². The van der Waals surface area contributed by atoms with Crippen molar-refractivity contribution in [1.29, 1.82) is 0 Å². The summed E-state index contributed by atoms with van der Waals surface area (Å²) in [5.41, 5.74) is 0. The first-order chi connectivity index (χ1) is 39.1. The van der Waals surface area contributed by atoms with Crippen LogP contribution in [0.3, 0.4) is 0 Å². The molecule has 4 fully saturated rings. The van der Waals surface area contributed by atoms with Crippen LogP contribution in [0.5, 0.6) is 0 Å². The Balaban J connectivity index is 1.37. The Hall–Kier alpha value is -3.26. The number of carboxylic acids is 1. The molecule has 0 amide bonds. The van der Waals surface area contributed by atoms with Crippen LogP contribution in [0.4, 0.5) is 0 Å². The van der Waals surface area contributed by atoms with Crippen LogP contribution in [-0.2, 0) is 28.5 Å². The quantitative estimate of drug-likeness (QED) is 0.132. The number of esters is 1. The Morgan fingerprint density at radius 3 is 1.89 bits per heavy atom. The number of allylic oxidation sites excluding steroid dienone is 10. The van der Waals surface area contributed by atoms with Crippen molar-refractivity contribution in [2.24, 2.45) is 17.8 Å². The highest BCUT2D eigenvalue weighted by atomic mass is 16.7. The fraction of sp³-hybridized carbons (Fsp3) is 0.774. The largest absolute Gasteiger partial charge is 0.481 e. The molecule has 0 aromatic carbocycles. The number of carbonyl (C=O) groups is 2. The van der Waals surface area contributed by atoms with E-state index in [0.717, 1.165) is 84.2 Å². The Kier molecular flexibility index (Phi) is 30.5. The molecule has 0 aromatic heterocycles. The smallest absolute Gasteiger partial charge is 0.311 e. The minimum absolute atomic E-state index is 0.132. The van der Waals surface area contributed by atoms with Crippen molar-refractivity contribution in [3.63, 3.8) is 0 Å². The lowest BCUT2D eigenvalue weighted by Gasteiger charge is -2.48. The number of rotatable bonds is 11. The van der Waals surface area contributed by atoms with Gasteiger partial charge in [0.15, 0.2) is 12.1 Å². The van der Waals surface area contributed by atoms with E-state index in [1.54, 1.807) is 45.1 Å². The van der Waals surface area contributed by atoms with E-state index in [9.17, 15) is 65.8 Å². The summed E-state index contributed by atoms with van der Waals surface area (Å²) in [6, 6.07) is -0.787. The summed E-state index contributed by atoms with van der Waals surface area (Å²) in [5, 5.41) is 123. The maximum atomic E-state index is 12.9. The third-order valence-corrected chi connectivity index (χ3v) is 17.1. The number of carboxylic acid groups (broad SMARTS) is 1. The van der Waals surface area contributed by atoms with Crippen molar-refractivity contribution >= 4 is 11.9 Å².